The predicted octanol–water partition coefficient (Wildman–Crippen LogP) is 3.44. The summed E-state index contributed by atoms with van der Waals surface area (Å²) in [6.07, 6.45) is 6.90. The number of methoxy groups -OCH3 is 1. The van der Waals surface area contributed by atoms with Crippen LogP contribution in [0.5, 0.6) is 5.75 Å². The molecule has 21 heavy (non-hydrogen) atoms. The summed E-state index contributed by atoms with van der Waals surface area (Å²) in [5.41, 5.74) is 1.26. The first-order valence-corrected chi connectivity index (χ1v) is 8.26. The predicted molar refractivity (Wildman–Crippen MR) is 88.8 cm³/mol. The molecule has 2 rings (SSSR count). The molecule has 1 aliphatic carbocycles. The van der Waals surface area contributed by atoms with Gasteiger partial charge in [-0.1, -0.05) is 37.5 Å². The van der Waals surface area contributed by atoms with Gasteiger partial charge < -0.3 is 10.1 Å². The Hall–Kier alpha value is -1.06. The van der Waals surface area contributed by atoms with Crippen molar-refractivity contribution >= 4 is 0 Å². The number of ether oxygens (including phenoxy) is 1. The first-order valence-electron chi connectivity index (χ1n) is 8.26. The van der Waals surface area contributed by atoms with Gasteiger partial charge in [0.15, 0.2) is 0 Å². The maximum Gasteiger partial charge on any atom is 0.123 e. The molecule has 118 valence electrons. The minimum absolute atomic E-state index is 0.525. The van der Waals surface area contributed by atoms with Crippen LogP contribution in [0.25, 0.3) is 0 Å². The van der Waals surface area contributed by atoms with Crippen LogP contribution in [0.4, 0.5) is 0 Å². The fraction of sp³-hybridized carbons (Fsp3) is 0.667. The van der Waals surface area contributed by atoms with Crippen LogP contribution in [0.3, 0.4) is 0 Å². The Morgan fingerprint density at radius 2 is 1.95 bits per heavy atom. The average molecular weight is 290 g/mol. The molecule has 1 atom stereocenters. The maximum atomic E-state index is 5.44. The van der Waals surface area contributed by atoms with Crippen LogP contribution < -0.4 is 10.1 Å². The number of benzene rings is 1. The van der Waals surface area contributed by atoms with Gasteiger partial charge in [-0.15, -0.1) is 0 Å². The molecule has 1 fully saturated rings. The molecule has 1 aromatic rings. The van der Waals surface area contributed by atoms with E-state index in [4.69, 9.17) is 4.74 Å². The van der Waals surface area contributed by atoms with E-state index in [0.29, 0.717) is 6.04 Å². The van der Waals surface area contributed by atoms with E-state index in [2.05, 4.69) is 36.3 Å². The van der Waals surface area contributed by atoms with E-state index in [1.54, 1.807) is 7.11 Å². The van der Waals surface area contributed by atoms with Gasteiger partial charge in [-0.25, -0.2) is 0 Å². The number of rotatable bonds is 7. The Labute approximate surface area is 129 Å². The number of nitrogens with zero attached hydrogens (tertiary/aromatic N) is 1. The number of nitrogens with one attached hydrogen (secondary N) is 1. The van der Waals surface area contributed by atoms with Gasteiger partial charge in [0.2, 0.25) is 0 Å². The van der Waals surface area contributed by atoms with E-state index < -0.39 is 0 Å². The van der Waals surface area contributed by atoms with Crippen molar-refractivity contribution in [2.45, 2.75) is 57.7 Å². The summed E-state index contributed by atoms with van der Waals surface area (Å²) in [6, 6.07) is 9.55. The Morgan fingerprint density at radius 3 is 2.67 bits per heavy atom. The molecular weight excluding hydrogens is 260 g/mol. The lowest BCUT2D eigenvalue weighted by atomic mass is 9.95. The molecule has 0 spiro atoms. The second-order valence-electron chi connectivity index (χ2n) is 6.32. The Balaban J connectivity index is 1.80. The van der Waals surface area contributed by atoms with Gasteiger partial charge in [0.25, 0.3) is 0 Å². The second-order valence-corrected chi connectivity index (χ2v) is 6.32. The lowest BCUT2D eigenvalue weighted by molar-refractivity contribution is 0.227. The lowest BCUT2D eigenvalue weighted by Crippen LogP contribution is -2.42. The van der Waals surface area contributed by atoms with Gasteiger partial charge >= 0.3 is 0 Å². The highest BCUT2D eigenvalue weighted by Gasteiger charge is 2.16. The molecule has 1 aromatic carbocycles. The van der Waals surface area contributed by atoms with Crippen LogP contribution in [0.1, 0.15) is 44.6 Å². The van der Waals surface area contributed by atoms with Crippen LogP contribution >= 0.6 is 0 Å². The van der Waals surface area contributed by atoms with E-state index in [1.165, 1.54) is 37.7 Å². The molecule has 1 unspecified atom stereocenters. The van der Waals surface area contributed by atoms with Crippen molar-refractivity contribution in [2.24, 2.45) is 0 Å². The summed E-state index contributed by atoms with van der Waals surface area (Å²) in [6.45, 7) is 4.29. The molecule has 1 aliphatic rings. The van der Waals surface area contributed by atoms with E-state index in [0.717, 1.165) is 24.9 Å². The number of hydrogen-bond acceptors (Lipinski definition) is 3. The SMILES string of the molecule is COc1ccccc1CN(C)C(C)CNC1CCCCC1. The summed E-state index contributed by atoms with van der Waals surface area (Å²) in [5.74, 6) is 0.983. The van der Waals surface area contributed by atoms with E-state index >= 15 is 0 Å². The first-order chi connectivity index (χ1) is 10.2. The van der Waals surface area contributed by atoms with Crippen LogP contribution in [0.15, 0.2) is 24.3 Å². The van der Waals surface area contributed by atoms with Gasteiger partial charge in [-0.3, -0.25) is 4.90 Å². The standard InChI is InChI=1S/C18H30N2O/c1-15(13-19-17-10-5-4-6-11-17)20(2)14-16-9-7-8-12-18(16)21-3/h7-9,12,15,17,19H,4-6,10-11,13-14H2,1-3H3. The zero-order valence-electron chi connectivity index (χ0n) is 13.8. The number of hydrogen-bond donors (Lipinski definition) is 1. The Morgan fingerprint density at radius 1 is 1.24 bits per heavy atom. The number of likely N-dealkylation sites (N-methyl/N-ethyl adjacent to an activating group) is 1. The third-order valence-corrected chi connectivity index (χ3v) is 4.67. The summed E-state index contributed by atoms with van der Waals surface area (Å²) in [7, 11) is 3.94. The molecule has 3 nitrogen and oxygen atoms in total. The largest absolute Gasteiger partial charge is 0.496 e. The quantitative estimate of drug-likeness (QED) is 0.832. The van der Waals surface area contributed by atoms with Crippen LogP contribution in [0, 0.1) is 0 Å². The smallest absolute Gasteiger partial charge is 0.123 e. The summed E-state index contributed by atoms with van der Waals surface area (Å²) >= 11 is 0. The maximum absolute atomic E-state index is 5.44. The molecule has 0 bridgehead atoms. The summed E-state index contributed by atoms with van der Waals surface area (Å²) in [5, 5.41) is 3.74. The van der Waals surface area contributed by atoms with Crippen molar-refractivity contribution in [3.8, 4) is 5.75 Å². The third kappa shape index (κ3) is 5.01. The molecule has 0 radical (unpaired) electrons. The minimum Gasteiger partial charge on any atom is -0.496 e. The second kappa shape index (κ2) is 8.40. The zero-order valence-corrected chi connectivity index (χ0v) is 13.8. The van der Waals surface area contributed by atoms with Crippen molar-refractivity contribution in [1.82, 2.24) is 10.2 Å². The van der Waals surface area contributed by atoms with Crippen LogP contribution in [0.2, 0.25) is 0 Å². The van der Waals surface area contributed by atoms with Crippen molar-refractivity contribution in [3.05, 3.63) is 29.8 Å². The molecule has 0 amide bonds. The monoisotopic (exact) mass is 290 g/mol. The van der Waals surface area contributed by atoms with Crippen molar-refractivity contribution in [2.75, 3.05) is 20.7 Å². The van der Waals surface area contributed by atoms with E-state index in [1.807, 2.05) is 12.1 Å². The molecule has 0 heterocycles. The molecule has 0 aromatic heterocycles. The highest BCUT2D eigenvalue weighted by molar-refractivity contribution is 5.33. The van der Waals surface area contributed by atoms with Gasteiger partial charge in [0.1, 0.15) is 5.75 Å². The third-order valence-electron chi connectivity index (χ3n) is 4.67. The fourth-order valence-electron chi connectivity index (χ4n) is 3.06. The molecule has 3 heteroatoms. The van der Waals surface area contributed by atoms with Crippen LogP contribution in [-0.2, 0) is 6.54 Å². The highest BCUT2D eigenvalue weighted by atomic mass is 16.5. The topological polar surface area (TPSA) is 24.5 Å². The summed E-state index contributed by atoms with van der Waals surface area (Å²) in [4.78, 5) is 2.40. The molecule has 0 saturated heterocycles. The molecule has 0 aliphatic heterocycles. The summed E-state index contributed by atoms with van der Waals surface area (Å²) < 4.78 is 5.44. The lowest BCUT2D eigenvalue weighted by Gasteiger charge is -2.29. The highest BCUT2D eigenvalue weighted by Crippen LogP contribution is 2.20. The van der Waals surface area contributed by atoms with Gasteiger partial charge in [-0.05, 0) is 32.9 Å². The van der Waals surface area contributed by atoms with Crippen molar-refractivity contribution < 1.29 is 4.74 Å². The normalized spacial score (nSPS) is 17.9. The van der Waals surface area contributed by atoms with Crippen molar-refractivity contribution in [1.29, 1.82) is 0 Å². The zero-order chi connectivity index (χ0) is 15.1. The Kier molecular flexibility index (Phi) is 6.52. The molecule has 1 N–H and O–H groups in total. The van der Waals surface area contributed by atoms with Gasteiger partial charge in [0, 0.05) is 30.7 Å². The Bertz CT molecular complexity index is 415. The van der Waals surface area contributed by atoms with Gasteiger partial charge in [0.05, 0.1) is 7.11 Å². The molecule has 1 saturated carbocycles. The molecular formula is C18H30N2O. The van der Waals surface area contributed by atoms with E-state index in [-0.39, 0.29) is 0 Å². The average Bonchev–Trinajstić information content (AvgIpc) is 2.54. The number of para-hydroxylation sites is 1. The van der Waals surface area contributed by atoms with E-state index in [9.17, 15) is 0 Å². The fourth-order valence-corrected chi connectivity index (χ4v) is 3.06. The minimum atomic E-state index is 0.525. The van der Waals surface area contributed by atoms with Gasteiger partial charge in [-0.2, -0.15) is 0 Å². The first kappa shape index (κ1) is 16.3. The van der Waals surface area contributed by atoms with Crippen molar-refractivity contribution in [3.63, 3.8) is 0 Å². The van der Waals surface area contributed by atoms with Crippen LogP contribution in [-0.4, -0.2) is 37.7 Å².